The average Bonchev–Trinajstić information content (AvgIpc) is 3.29. The molecule has 2 aromatic rings. The molecule has 31 heavy (non-hydrogen) atoms. The minimum Gasteiger partial charge on any atom is -0.379 e. The van der Waals surface area contributed by atoms with Crippen molar-refractivity contribution in [1.82, 2.24) is 9.62 Å². The third-order valence-electron chi connectivity index (χ3n) is 6.31. The van der Waals surface area contributed by atoms with Gasteiger partial charge >= 0.3 is 0 Å². The van der Waals surface area contributed by atoms with Crippen molar-refractivity contribution in [3.05, 3.63) is 65.5 Å². The van der Waals surface area contributed by atoms with Crippen LogP contribution in [0.2, 0.25) is 0 Å². The lowest BCUT2D eigenvalue weighted by atomic mass is 9.78. The highest BCUT2D eigenvalue weighted by Gasteiger charge is 2.36. The van der Waals surface area contributed by atoms with Gasteiger partial charge in [0.05, 0.1) is 18.1 Å². The number of amides is 1. The summed E-state index contributed by atoms with van der Waals surface area (Å²) in [4.78, 5) is 13.0. The average molecular weight is 447 g/mol. The highest BCUT2D eigenvalue weighted by molar-refractivity contribution is 7.89. The summed E-state index contributed by atoms with van der Waals surface area (Å²) in [5.74, 6) is -0.591. The molecule has 6 nitrogen and oxygen atoms in total. The Balaban J connectivity index is 1.50. The third kappa shape index (κ3) is 4.66. The zero-order chi connectivity index (χ0) is 21.9. The van der Waals surface area contributed by atoms with Gasteiger partial charge in [-0.1, -0.05) is 31.0 Å². The normalized spacial score (nSPS) is 19.3. The number of hydrogen-bond acceptors (Lipinski definition) is 4. The second-order valence-electron chi connectivity index (χ2n) is 8.22. The van der Waals surface area contributed by atoms with Crippen molar-refractivity contribution in [3.63, 3.8) is 0 Å². The molecule has 1 amide bonds. The molecule has 0 spiro atoms. The number of morpholine rings is 1. The quantitative estimate of drug-likeness (QED) is 0.740. The Bertz CT molecular complexity index is 1030. The molecule has 2 aromatic carbocycles. The number of benzene rings is 2. The molecule has 1 heterocycles. The Labute approximate surface area is 182 Å². The molecule has 8 heteroatoms. The molecular formula is C23H27FN2O4S. The second-order valence-corrected chi connectivity index (χ2v) is 10.2. The molecule has 1 saturated carbocycles. The number of rotatable bonds is 6. The molecule has 1 aliphatic heterocycles. The highest BCUT2D eigenvalue weighted by Crippen LogP contribution is 2.40. The van der Waals surface area contributed by atoms with Gasteiger partial charge in [-0.3, -0.25) is 4.79 Å². The van der Waals surface area contributed by atoms with Crippen molar-refractivity contribution >= 4 is 15.9 Å². The molecule has 1 saturated heterocycles. The highest BCUT2D eigenvalue weighted by atomic mass is 32.2. The van der Waals surface area contributed by atoms with Crippen LogP contribution in [0.1, 0.15) is 41.6 Å². The van der Waals surface area contributed by atoms with Crippen molar-refractivity contribution in [2.45, 2.75) is 36.0 Å². The van der Waals surface area contributed by atoms with E-state index >= 15 is 0 Å². The molecule has 4 rings (SSSR count). The van der Waals surface area contributed by atoms with Crippen LogP contribution in [-0.4, -0.2) is 51.5 Å². The van der Waals surface area contributed by atoms with Gasteiger partial charge in [-0.25, -0.2) is 12.8 Å². The van der Waals surface area contributed by atoms with Crippen LogP contribution in [0.25, 0.3) is 0 Å². The SMILES string of the molecule is O=C(NCC1(c2ccc(F)cc2)CCCC1)c1cccc(S(=O)(=O)N2CCOCC2)c1. The number of ether oxygens (including phenoxy) is 1. The number of sulfonamides is 1. The molecule has 2 fully saturated rings. The Morgan fingerprint density at radius 2 is 1.74 bits per heavy atom. The Hall–Kier alpha value is -2.29. The predicted molar refractivity (Wildman–Crippen MR) is 115 cm³/mol. The zero-order valence-corrected chi connectivity index (χ0v) is 18.2. The van der Waals surface area contributed by atoms with Crippen LogP contribution in [0.15, 0.2) is 53.4 Å². The topological polar surface area (TPSA) is 75.7 Å². The van der Waals surface area contributed by atoms with Crippen molar-refractivity contribution < 1.29 is 22.3 Å². The summed E-state index contributed by atoms with van der Waals surface area (Å²) in [7, 11) is -3.67. The fourth-order valence-electron chi connectivity index (χ4n) is 4.51. The van der Waals surface area contributed by atoms with Gasteiger partial charge < -0.3 is 10.1 Å². The Morgan fingerprint density at radius 3 is 2.42 bits per heavy atom. The third-order valence-corrected chi connectivity index (χ3v) is 8.20. The monoisotopic (exact) mass is 446 g/mol. The predicted octanol–water partition coefficient (Wildman–Crippen LogP) is 3.09. The minimum absolute atomic E-state index is 0.108. The van der Waals surface area contributed by atoms with Crippen LogP contribution in [-0.2, 0) is 20.2 Å². The summed E-state index contributed by atoms with van der Waals surface area (Å²) in [6.45, 7) is 1.77. The first-order valence-corrected chi connectivity index (χ1v) is 12.1. The number of nitrogens with zero attached hydrogens (tertiary/aromatic N) is 1. The van der Waals surface area contributed by atoms with Gasteiger partial charge in [0.2, 0.25) is 10.0 Å². The summed E-state index contributed by atoms with van der Waals surface area (Å²) in [5.41, 5.74) is 1.11. The lowest BCUT2D eigenvalue weighted by Crippen LogP contribution is -2.41. The van der Waals surface area contributed by atoms with E-state index in [0.717, 1.165) is 31.2 Å². The maximum Gasteiger partial charge on any atom is 0.251 e. The minimum atomic E-state index is -3.67. The van der Waals surface area contributed by atoms with E-state index in [-0.39, 0.29) is 22.0 Å². The van der Waals surface area contributed by atoms with Crippen LogP contribution in [0.3, 0.4) is 0 Å². The van der Waals surface area contributed by atoms with Crippen molar-refractivity contribution in [1.29, 1.82) is 0 Å². The van der Waals surface area contributed by atoms with E-state index in [0.29, 0.717) is 38.4 Å². The van der Waals surface area contributed by atoms with E-state index in [1.54, 1.807) is 24.3 Å². The first-order valence-electron chi connectivity index (χ1n) is 10.6. The Kier molecular flexibility index (Phi) is 6.41. The number of nitrogens with one attached hydrogen (secondary N) is 1. The first kappa shape index (κ1) is 21.9. The van der Waals surface area contributed by atoms with Gasteiger partial charge in [0, 0.05) is 30.6 Å². The summed E-state index contributed by atoms with van der Waals surface area (Å²) in [6.07, 6.45) is 3.95. The maximum atomic E-state index is 13.4. The molecule has 1 N–H and O–H groups in total. The van der Waals surface area contributed by atoms with E-state index in [2.05, 4.69) is 5.32 Å². The number of carbonyl (C=O) groups excluding carboxylic acids is 1. The van der Waals surface area contributed by atoms with Crippen LogP contribution in [0.4, 0.5) is 4.39 Å². The summed E-state index contributed by atoms with van der Waals surface area (Å²) >= 11 is 0. The van der Waals surface area contributed by atoms with Gasteiger partial charge in [-0.15, -0.1) is 0 Å². The number of halogens is 1. The van der Waals surface area contributed by atoms with Crippen molar-refractivity contribution in [2.24, 2.45) is 0 Å². The first-order chi connectivity index (χ1) is 14.9. The fraction of sp³-hybridized carbons (Fsp3) is 0.435. The maximum absolute atomic E-state index is 13.4. The molecule has 2 aliphatic rings. The summed E-state index contributed by atoms with van der Waals surface area (Å²) < 4.78 is 45.8. The lowest BCUT2D eigenvalue weighted by molar-refractivity contribution is 0.0730. The van der Waals surface area contributed by atoms with Crippen molar-refractivity contribution in [2.75, 3.05) is 32.8 Å². The van der Waals surface area contributed by atoms with Crippen LogP contribution in [0, 0.1) is 5.82 Å². The molecule has 0 bridgehead atoms. The molecule has 0 atom stereocenters. The molecule has 0 aromatic heterocycles. The summed E-state index contributed by atoms with van der Waals surface area (Å²) in [6, 6.07) is 12.7. The number of hydrogen-bond donors (Lipinski definition) is 1. The molecule has 1 aliphatic carbocycles. The Morgan fingerprint density at radius 1 is 1.06 bits per heavy atom. The van der Waals surface area contributed by atoms with Gasteiger partial charge in [0.15, 0.2) is 0 Å². The number of carbonyl (C=O) groups is 1. The summed E-state index contributed by atoms with van der Waals surface area (Å²) in [5, 5.41) is 2.99. The van der Waals surface area contributed by atoms with Crippen molar-refractivity contribution in [3.8, 4) is 0 Å². The zero-order valence-electron chi connectivity index (χ0n) is 17.3. The van der Waals surface area contributed by atoms with E-state index < -0.39 is 10.0 Å². The lowest BCUT2D eigenvalue weighted by Gasteiger charge is -2.30. The van der Waals surface area contributed by atoms with Gasteiger partial charge in [0.25, 0.3) is 5.91 Å². The van der Waals surface area contributed by atoms with Crippen LogP contribution >= 0.6 is 0 Å². The van der Waals surface area contributed by atoms with E-state index in [4.69, 9.17) is 4.74 Å². The van der Waals surface area contributed by atoms with E-state index in [1.165, 1.54) is 28.6 Å². The largest absolute Gasteiger partial charge is 0.379 e. The second kappa shape index (κ2) is 9.06. The smallest absolute Gasteiger partial charge is 0.251 e. The molecule has 0 radical (unpaired) electrons. The van der Waals surface area contributed by atoms with E-state index in [1.807, 2.05) is 0 Å². The van der Waals surface area contributed by atoms with Gasteiger partial charge in [-0.2, -0.15) is 4.31 Å². The van der Waals surface area contributed by atoms with Crippen LogP contribution in [0.5, 0.6) is 0 Å². The molecular weight excluding hydrogens is 419 g/mol. The molecule has 0 unspecified atom stereocenters. The van der Waals surface area contributed by atoms with Gasteiger partial charge in [-0.05, 0) is 48.7 Å². The van der Waals surface area contributed by atoms with Gasteiger partial charge in [0.1, 0.15) is 5.82 Å². The van der Waals surface area contributed by atoms with Crippen LogP contribution < -0.4 is 5.32 Å². The molecule has 166 valence electrons. The fourth-order valence-corrected chi connectivity index (χ4v) is 5.96. The van der Waals surface area contributed by atoms with E-state index in [9.17, 15) is 17.6 Å². The standard InChI is InChI=1S/C23H27FN2O4S/c24-20-8-6-19(7-9-20)23(10-1-2-11-23)17-25-22(27)18-4-3-5-21(16-18)31(28,29)26-12-14-30-15-13-26/h3-9,16H,1-2,10-15,17H2,(H,25,27).